The van der Waals surface area contributed by atoms with Crippen LogP contribution >= 0.6 is 0 Å². The molecule has 0 heterocycles. The zero-order valence-electron chi connectivity index (χ0n) is 21.9. The molecule has 198 valence electrons. The van der Waals surface area contributed by atoms with E-state index in [1.807, 2.05) is 13.8 Å². The van der Waals surface area contributed by atoms with Crippen LogP contribution < -0.4 is 5.73 Å². The Morgan fingerprint density at radius 3 is 2.26 bits per heavy atom. The first-order chi connectivity index (χ1) is 15.8. The molecule has 7 heteroatoms. The summed E-state index contributed by atoms with van der Waals surface area (Å²) in [7, 11) is -4.44. The van der Waals surface area contributed by atoms with E-state index in [4.69, 9.17) is 9.92 Å². The third kappa shape index (κ3) is 4.85. The molecule has 0 aromatic heterocycles. The first-order valence-electron chi connectivity index (χ1n) is 13.9. The van der Waals surface area contributed by atoms with Crippen molar-refractivity contribution >= 4 is 10.4 Å². The van der Waals surface area contributed by atoms with Crippen molar-refractivity contribution in [2.24, 2.45) is 58.0 Å². The smallest absolute Gasteiger partial charge is 0.393 e. The van der Waals surface area contributed by atoms with Gasteiger partial charge in [-0.15, -0.1) is 0 Å². The molecule has 0 aliphatic heterocycles. The minimum absolute atomic E-state index is 0.0196. The van der Waals surface area contributed by atoms with Crippen LogP contribution in [0.25, 0.3) is 0 Å². The molecule has 0 amide bonds. The summed E-state index contributed by atoms with van der Waals surface area (Å²) in [5.74, 6) is 3.18. The normalized spacial score (nSPS) is 46.4. The highest BCUT2D eigenvalue weighted by Crippen LogP contribution is 2.68. The summed E-state index contributed by atoms with van der Waals surface area (Å²) in [6, 6.07) is 0.298. The lowest BCUT2D eigenvalue weighted by Crippen LogP contribution is -2.59. The maximum absolute atomic E-state index is 11.4. The molecule has 4 saturated carbocycles. The molecule has 0 aromatic carbocycles. The van der Waals surface area contributed by atoms with Crippen molar-refractivity contribution in [2.75, 3.05) is 0 Å². The number of rotatable bonds is 7. The monoisotopic (exact) mass is 499 g/mol. The lowest BCUT2D eigenvalue weighted by molar-refractivity contribution is -0.166. The average molecular weight is 500 g/mol. The Hall–Kier alpha value is -0.210. The molecule has 34 heavy (non-hydrogen) atoms. The van der Waals surface area contributed by atoms with Crippen LogP contribution in [-0.4, -0.2) is 36.3 Å². The molecule has 4 aliphatic rings. The van der Waals surface area contributed by atoms with E-state index in [-0.39, 0.29) is 17.4 Å². The van der Waals surface area contributed by atoms with Crippen LogP contribution in [0.3, 0.4) is 0 Å². The van der Waals surface area contributed by atoms with Crippen molar-refractivity contribution in [3.63, 3.8) is 0 Å². The number of hydrogen-bond acceptors (Lipinski definition) is 5. The van der Waals surface area contributed by atoms with Crippen LogP contribution in [-0.2, 0) is 14.6 Å². The van der Waals surface area contributed by atoms with Gasteiger partial charge in [0.1, 0.15) is 0 Å². The number of nitrogens with two attached hydrogens (primary N) is 1. The Morgan fingerprint density at radius 2 is 1.62 bits per heavy atom. The maximum Gasteiger partial charge on any atom is 0.397 e. The predicted octanol–water partition coefficient (Wildman–Crippen LogP) is 5.20. The van der Waals surface area contributed by atoms with Crippen LogP contribution in [0.2, 0.25) is 0 Å². The van der Waals surface area contributed by atoms with E-state index in [9.17, 15) is 18.1 Å². The van der Waals surface area contributed by atoms with Gasteiger partial charge in [-0.05, 0) is 116 Å². The highest BCUT2D eigenvalue weighted by atomic mass is 32.3. The van der Waals surface area contributed by atoms with Gasteiger partial charge in [-0.1, -0.05) is 34.6 Å². The van der Waals surface area contributed by atoms with Crippen LogP contribution in [0.4, 0.5) is 0 Å². The summed E-state index contributed by atoms with van der Waals surface area (Å²) in [5.41, 5.74) is 6.89. The Labute approximate surface area is 207 Å². The number of aliphatic hydroxyl groups excluding tert-OH is 1. The summed E-state index contributed by atoms with van der Waals surface area (Å²) in [6.07, 6.45) is 9.95. The molecule has 4 aliphatic carbocycles. The molecule has 0 spiro atoms. The zero-order valence-corrected chi connectivity index (χ0v) is 22.8. The van der Waals surface area contributed by atoms with Crippen LogP contribution in [0.15, 0.2) is 0 Å². The van der Waals surface area contributed by atoms with E-state index in [1.165, 1.54) is 32.1 Å². The second-order valence-electron chi connectivity index (χ2n) is 13.4. The van der Waals surface area contributed by atoms with E-state index in [0.717, 1.165) is 25.7 Å². The third-order valence-electron chi connectivity index (χ3n) is 11.4. The second-order valence-corrected chi connectivity index (χ2v) is 14.5. The van der Waals surface area contributed by atoms with Crippen molar-refractivity contribution in [2.45, 2.75) is 117 Å². The number of hydrogen-bond donors (Lipinski definition) is 3. The number of fused-ring (bicyclic) bond motifs is 5. The molecular weight excluding hydrogens is 450 g/mol. The van der Waals surface area contributed by atoms with Crippen molar-refractivity contribution in [3.05, 3.63) is 0 Å². The van der Waals surface area contributed by atoms with Gasteiger partial charge in [-0.25, -0.2) is 4.18 Å². The van der Waals surface area contributed by atoms with Crippen LogP contribution in [0, 0.1) is 52.3 Å². The van der Waals surface area contributed by atoms with E-state index in [1.54, 1.807) is 0 Å². The SMILES string of the molecule is CC(C)[C@@H](CC[C@@H](C)[C@H]1CCC2C3C(CC[C@@]21C)[C@@]1(C)CCC(N)C[C@H]1C[C@H]3O)OS(=O)(=O)O. The third-order valence-corrected chi connectivity index (χ3v) is 11.9. The van der Waals surface area contributed by atoms with Gasteiger partial charge in [0, 0.05) is 6.04 Å². The molecule has 0 bridgehead atoms. The van der Waals surface area contributed by atoms with E-state index < -0.39 is 16.5 Å². The van der Waals surface area contributed by atoms with Gasteiger partial charge < -0.3 is 10.8 Å². The van der Waals surface area contributed by atoms with Crippen LogP contribution in [0.1, 0.15) is 98.8 Å². The van der Waals surface area contributed by atoms with Crippen molar-refractivity contribution < 1.29 is 22.3 Å². The van der Waals surface area contributed by atoms with Gasteiger partial charge >= 0.3 is 10.4 Å². The zero-order chi connectivity index (χ0) is 25.1. The first-order valence-corrected chi connectivity index (χ1v) is 15.2. The average Bonchev–Trinajstić information content (AvgIpc) is 3.08. The lowest BCUT2D eigenvalue weighted by atomic mass is 9.43. The molecular formula is C27H49NO5S. The highest BCUT2D eigenvalue weighted by molar-refractivity contribution is 7.80. The lowest BCUT2D eigenvalue weighted by Gasteiger charge is -2.62. The molecule has 4 fully saturated rings. The fourth-order valence-corrected chi connectivity index (χ4v) is 10.1. The summed E-state index contributed by atoms with van der Waals surface area (Å²) in [4.78, 5) is 0. The second kappa shape index (κ2) is 9.59. The fraction of sp³-hybridized carbons (Fsp3) is 1.00. The molecule has 6 nitrogen and oxygen atoms in total. The topological polar surface area (TPSA) is 110 Å². The Kier molecular flexibility index (Phi) is 7.57. The molecule has 0 saturated heterocycles. The standard InChI is InChI=1S/C27H49NO5S/c1-16(2)24(33-34(30,31)32)9-6-17(3)20-7-8-21-25-22(11-13-27(20,21)5)26(4)12-10-19(28)14-18(26)15-23(25)29/h16-25,29H,6-15,28H2,1-5H3,(H,30,31,32)/t17-,18+,19?,20-,21?,22?,23-,24-,25?,26+,27-/m1/s1. The first kappa shape index (κ1) is 26.8. The fourth-order valence-electron chi connectivity index (χ4n) is 9.51. The Bertz CT molecular complexity index is 833. The van der Waals surface area contributed by atoms with Crippen molar-refractivity contribution in [1.82, 2.24) is 0 Å². The van der Waals surface area contributed by atoms with Gasteiger partial charge in [0.25, 0.3) is 0 Å². The van der Waals surface area contributed by atoms with Gasteiger partial charge in [0.15, 0.2) is 0 Å². The van der Waals surface area contributed by atoms with Gasteiger partial charge in [0.2, 0.25) is 0 Å². The van der Waals surface area contributed by atoms with Gasteiger partial charge in [0.05, 0.1) is 12.2 Å². The minimum atomic E-state index is -4.44. The number of aliphatic hydroxyl groups is 1. The predicted molar refractivity (Wildman–Crippen MR) is 134 cm³/mol. The molecule has 0 aromatic rings. The van der Waals surface area contributed by atoms with E-state index in [0.29, 0.717) is 53.4 Å². The summed E-state index contributed by atoms with van der Waals surface area (Å²) < 4.78 is 36.8. The van der Waals surface area contributed by atoms with E-state index >= 15 is 0 Å². The maximum atomic E-state index is 11.4. The molecule has 0 radical (unpaired) electrons. The Morgan fingerprint density at radius 1 is 0.971 bits per heavy atom. The van der Waals surface area contributed by atoms with Crippen LogP contribution in [0.5, 0.6) is 0 Å². The van der Waals surface area contributed by atoms with Crippen molar-refractivity contribution in [3.8, 4) is 0 Å². The van der Waals surface area contributed by atoms with Gasteiger partial charge in [-0.2, -0.15) is 8.42 Å². The molecule has 11 atom stereocenters. The minimum Gasteiger partial charge on any atom is -0.393 e. The summed E-state index contributed by atoms with van der Waals surface area (Å²) in [6.45, 7) is 11.2. The summed E-state index contributed by atoms with van der Waals surface area (Å²) >= 11 is 0. The van der Waals surface area contributed by atoms with E-state index in [2.05, 4.69) is 20.8 Å². The Balaban J connectivity index is 1.47. The molecule has 4 unspecified atom stereocenters. The molecule has 4 rings (SSSR count). The molecule has 4 N–H and O–H groups in total. The largest absolute Gasteiger partial charge is 0.397 e. The van der Waals surface area contributed by atoms with Crippen molar-refractivity contribution in [1.29, 1.82) is 0 Å². The summed E-state index contributed by atoms with van der Waals surface area (Å²) in [5, 5.41) is 11.4. The highest BCUT2D eigenvalue weighted by Gasteiger charge is 2.62. The quantitative estimate of drug-likeness (QED) is 0.415. The van der Waals surface area contributed by atoms with Gasteiger partial charge in [-0.3, -0.25) is 4.55 Å².